The molecule has 1 rings (SSSR count). The summed E-state index contributed by atoms with van der Waals surface area (Å²) < 4.78 is 0. The first kappa shape index (κ1) is 7.17. The highest BCUT2D eigenvalue weighted by molar-refractivity contribution is 6.22. The van der Waals surface area contributed by atoms with Crippen LogP contribution >= 0.6 is 11.6 Å². The number of nitrogens with zero attached hydrogens (tertiary/aromatic N) is 1. The van der Waals surface area contributed by atoms with Crippen LogP contribution in [0.25, 0.3) is 0 Å². The number of nitriles is 1. The first-order valence-electron chi connectivity index (χ1n) is 2.93. The third-order valence-corrected chi connectivity index (χ3v) is 1.74. The normalized spacial score (nSPS) is 31.0. The van der Waals surface area contributed by atoms with E-state index in [1.165, 1.54) is 0 Å². The molecule has 0 heterocycles. The van der Waals surface area contributed by atoms with E-state index < -0.39 is 0 Å². The predicted octanol–water partition coefficient (Wildman–Crippen LogP) is 1.15. The number of allylic oxidation sites excluding steroid dienone is 3. The van der Waals surface area contributed by atoms with E-state index in [0.717, 1.165) is 0 Å². The lowest BCUT2D eigenvalue weighted by Gasteiger charge is -2.12. The fourth-order valence-corrected chi connectivity index (χ4v) is 1.06. The monoisotopic (exact) mass is 154 g/mol. The van der Waals surface area contributed by atoms with Crippen molar-refractivity contribution in [2.75, 3.05) is 0 Å². The standard InChI is InChI=1S/C7H7ClN2/c8-7-3-6(10)2-1-5(7)4-9/h1-3,5,7H,10H2. The maximum Gasteiger partial charge on any atom is 0.0847 e. The van der Waals surface area contributed by atoms with E-state index >= 15 is 0 Å². The molecule has 2 nitrogen and oxygen atoms in total. The van der Waals surface area contributed by atoms with Crippen molar-refractivity contribution in [2.45, 2.75) is 5.38 Å². The molecule has 2 N–H and O–H groups in total. The van der Waals surface area contributed by atoms with E-state index in [9.17, 15) is 0 Å². The fourth-order valence-electron chi connectivity index (χ4n) is 0.778. The van der Waals surface area contributed by atoms with Crippen LogP contribution < -0.4 is 5.73 Å². The molecule has 1 aliphatic rings. The van der Waals surface area contributed by atoms with Crippen molar-refractivity contribution < 1.29 is 0 Å². The second-order valence-electron chi connectivity index (χ2n) is 2.13. The fraction of sp³-hybridized carbons (Fsp3) is 0.286. The smallest absolute Gasteiger partial charge is 0.0847 e. The van der Waals surface area contributed by atoms with Crippen LogP contribution in [0.4, 0.5) is 0 Å². The molecule has 0 aromatic carbocycles. The first-order chi connectivity index (χ1) is 4.74. The molecule has 0 aromatic rings. The van der Waals surface area contributed by atoms with Gasteiger partial charge in [0.05, 0.1) is 17.4 Å². The summed E-state index contributed by atoms with van der Waals surface area (Å²) in [7, 11) is 0. The van der Waals surface area contributed by atoms with Crippen LogP contribution in [0.1, 0.15) is 0 Å². The lowest BCUT2D eigenvalue weighted by molar-refractivity contribution is 0.835. The second kappa shape index (κ2) is 2.76. The van der Waals surface area contributed by atoms with Gasteiger partial charge in [0.1, 0.15) is 0 Å². The van der Waals surface area contributed by atoms with E-state index in [1.807, 2.05) is 0 Å². The molecule has 0 aliphatic heterocycles. The minimum atomic E-state index is -0.269. The zero-order valence-corrected chi connectivity index (χ0v) is 6.05. The van der Waals surface area contributed by atoms with Gasteiger partial charge in [-0.25, -0.2) is 0 Å². The Hall–Kier alpha value is -0.940. The predicted molar refractivity (Wildman–Crippen MR) is 40.2 cm³/mol. The number of hydrogen-bond donors (Lipinski definition) is 1. The van der Waals surface area contributed by atoms with Crippen LogP contribution in [-0.2, 0) is 0 Å². The van der Waals surface area contributed by atoms with Gasteiger partial charge < -0.3 is 5.73 Å². The molecule has 1 aliphatic carbocycles. The third kappa shape index (κ3) is 1.31. The van der Waals surface area contributed by atoms with Crippen LogP contribution in [0.15, 0.2) is 23.9 Å². The van der Waals surface area contributed by atoms with Gasteiger partial charge in [0.2, 0.25) is 0 Å². The zero-order chi connectivity index (χ0) is 7.56. The number of alkyl halides is 1. The summed E-state index contributed by atoms with van der Waals surface area (Å²) >= 11 is 5.75. The average molecular weight is 155 g/mol. The molecule has 0 bridgehead atoms. The molecule has 2 unspecified atom stereocenters. The van der Waals surface area contributed by atoms with Crippen LogP contribution in [0, 0.1) is 17.2 Å². The lowest BCUT2D eigenvalue weighted by atomic mass is 10.0. The minimum Gasteiger partial charge on any atom is -0.399 e. The van der Waals surface area contributed by atoms with E-state index in [1.54, 1.807) is 18.2 Å². The Bertz CT molecular complexity index is 224. The number of hydrogen-bond acceptors (Lipinski definition) is 2. The molecule has 0 amide bonds. The van der Waals surface area contributed by atoms with Gasteiger partial charge in [-0.2, -0.15) is 5.26 Å². The number of rotatable bonds is 0. The zero-order valence-electron chi connectivity index (χ0n) is 5.29. The van der Waals surface area contributed by atoms with Gasteiger partial charge in [-0.3, -0.25) is 0 Å². The van der Waals surface area contributed by atoms with Gasteiger partial charge in [0, 0.05) is 5.70 Å². The molecule has 0 spiro atoms. The lowest BCUT2D eigenvalue weighted by Crippen LogP contribution is -2.14. The minimum absolute atomic E-state index is 0.228. The van der Waals surface area contributed by atoms with Crippen molar-refractivity contribution >= 4 is 11.6 Å². The molecule has 2 atom stereocenters. The summed E-state index contributed by atoms with van der Waals surface area (Å²) in [5.41, 5.74) is 6.05. The van der Waals surface area contributed by atoms with Crippen molar-refractivity contribution in [1.82, 2.24) is 0 Å². The van der Waals surface area contributed by atoms with E-state index in [2.05, 4.69) is 6.07 Å². The number of nitrogens with two attached hydrogens (primary N) is 1. The van der Waals surface area contributed by atoms with Crippen LogP contribution in [0.3, 0.4) is 0 Å². The maximum atomic E-state index is 8.49. The molecule has 0 radical (unpaired) electrons. The highest BCUT2D eigenvalue weighted by Gasteiger charge is 2.16. The molecule has 0 aromatic heterocycles. The summed E-state index contributed by atoms with van der Waals surface area (Å²) in [5.74, 6) is -0.228. The Balaban J connectivity index is 2.76. The van der Waals surface area contributed by atoms with Gasteiger partial charge in [0.15, 0.2) is 0 Å². The van der Waals surface area contributed by atoms with Crippen LogP contribution in [0.2, 0.25) is 0 Å². The Morgan fingerprint density at radius 1 is 1.70 bits per heavy atom. The maximum absolute atomic E-state index is 8.49. The molecular weight excluding hydrogens is 148 g/mol. The quantitative estimate of drug-likeness (QED) is 0.532. The summed E-state index contributed by atoms with van der Waals surface area (Å²) in [4.78, 5) is 0. The van der Waals surface area contributed by atoms with Crippen molar-refractivity contribution in [1.29, 1.82) is 5.26 Å². The van der Waals surface area contributed by atoms with E-state index in [4.69, 9.17) is 22.6 Å². The summed E-state index contributed by atoms with van der Waals surface area (Å²) in [6.45, 7) is 0. The molecule has 3 heteroatoms. The van der Waals surface area contributed by atoms with Gasteiger partial charge >= 0.3 is 0 Å². The van der Waals surface area contributed by atoms with Gasteiger partial charge in [-0.15, -0.1) is 11.6 Å². The van der Waals surface area contributed by atoms with E-state index in [0.29, 0.717) is 5.70 Å². The van der Waals surface area contributed by atoms with Gasteiger partial charge in [-0.1, -0.05) is 6.08 Å². The Morgan fingerprint density at radius 3 is 2.90 bits per heavy atom. The summed E-state index contributed by atoms with van der Waals surface area (Å²) in [6, 6.07) is 2.06. The molecule has 0 saturated heterocycles. The summed E-state index contributed by atoms with van der Waals surface area (Å²) in [5, 5.41) is 8.22. The third-order valence-electron chi connectivity index (χ3n) is 1.34. The van der Waals surface area contributed by atoms with E-state index in [-0.39, 0.29) is 11.3 Å². The highest BCUT2D eigenvalue weighted by Crippen LogP contribution is 2.18. The molecule has 0 fully saturated rings. The van der Waals surface area contributed by atoms with Crippen molar-refractivity contribution in [3.63, 3.8) is 0 Å². The summed E-state index contributed by atoms with van der Waals surface area (Å²) in [6.07, 6.45) is 5.09. The molecule has 52 valence electrons. The van der Waals surface area contributed by atoms with Crippen molar-refractivity contribution in [3.05, 3.63) is 23.9 Å². The molecule has 10 heavy (non-hydrogen) atoms. The molecule has 0 saturated carbocycles. The second-order valence-corrected chi connectivity index (χ2v) is 2.63. The highest BCUT2D eigenvalue weighted by atomic mass is 35.5. The first-order valence-corrected chi connectivity index (χ1v) is 3.37. The van der Waals surface area contributed by atoms with Crippen LogP contribution in [0.5, 0.6) is 0 Å². The molecular formula is C7H7ClN2. The van der Waals surface area contributed by atoms with Crippen LogP contribution in [-0.4, -0.2) is 5.38 Å². The van der Waals surface area contributed by atoms with Crippen molar-refractivity contribution in [2.24, 2.45) is 11.7 Å². The Morgan fingerprint density at radius 2 is 2.40 bits per heavy atom. The topological polar surface area (TPSA) is 49.8 Å². The van der Waals surface area contributed by atoms with Gasteiger partial charge in [-0.05, 0) is 12.2 Å². The Kier molecular flexibility index (Phi) is 1.98. The SMILES string of the molecule is N#CC1C=CC(N)=CC1Cl. The van der Waals surface area contributed by atoms with Gasteiger partial charge in [0.25, 0.3) is 0 Å². The largest absolute Gasteiger partial charge is 0.399 e. The average Bonchev–Trinajstić information content (AvgIpc) is 1.88. The number of halogens is 1. The van der Waals surface area contributed by atoms with Crippen molar-refractivity contribution in [3.8, 4) is 6.07 Å². The Labute approximate surface area is 64.6 Å².